The van der Waals surface area contributed by atoms with Crippen LogP contribution in [0.2, 0.25) is 0 Å². The van der Waals surface area contributed by atoms with Gasteiger partial charge in [-0.05, 0) is 63.3 Å². The van der Waals surface area contributed by atoms with Crippen LogP contribution in [0.25, 0.3) is 0 Å². The molecule has 1 heteroatoms. The van der Waals surface area contributed by atoms with E-state index >= 15 is 0 Å². The Hall–Kier alpha value is -0.0400. The van der Waals surface area contributed by atoms with Gasteiger partial charge in [0.1, 0.15) is 0 Å². The van der Waals surface area contributed by atoms with Gasteiger partial charge in [-0.15, -0.1) is 0 Å². The van der Waals surface area contributed by atoms with E-state index in [4.69, 9.17) is 0 Å². The van der Waals surface area contributed by atoms with Crippen LogP contribution < -0.4 is 0 Å². The Bertz CT molecular complexity index is 213. The van der Waals surface area contributed by atoms with Crippen molar-refractivity contribution in [1.82, 2.24) is 4.90 Å². The molecule has 0 aromatic rings. The molecule has 2 aliphatic rings. The predicted molar refractivity (Wildman–Crippen MR) is 65.9 cm³/mol. The summed E-state index contributed by atoms with van der Waals surface area (Å²) in [6.07, 6.45) is 5.98. The smallest absolute Gasteiger partial charge is 0.00414 e. The summed E-state index contributed by atoms with van der Waals surface area (Å²) in [6.45, 7) is 12.1. The van der Waals surface area contributed by atoms with Crippen molar-refractivity contribution in [3.05, 3.63) is 0 Å². The molecule has 88 valence electrons. The first kappa shape index (κ1) is 11.4. The molecule has 0 N–H and O–H groups in total. The Morgan fingerprint density at radius 2 is 1.87 bits per heavy atom. The molecule has 0 bridgehead atoms. The molecule has 0 aromatic heterocycles. The van der Waals surface area contributed by atoms with Gasteiger partial charge >= 0.3 is 0 Å². The zero-order valence-corrected chi connectivity index (χ0v) is 10.9. The fourth-order valence-corrected chi connectivity index (χ4v) is 3.74. The lowest BCUT2D eigenvalue weighted by atomic mass is 9.59. The van der Waals surface area contributed by atoms with Crippen LogP contribution in [0.4, 0.5) is 0 Å². The maximum Gasteiger partial charge on any atom is 0.00414 e. The summed E-state index contributed by atoms with van der Waals surface area (Å²) in [7, 11) is 0. The highest BCUT2D eigenvalue weighted by Gasteiger charge is 2.48. The number of hydrogen-bond acceptors (Lipinski definition) is 1. The minimum Gasteiger partial charge on any atom is -0.300 e. The number of rotatable bonds is 3. The zero-order chi connectivity index (χ0) is 11.1. The molecule has 1 heterocycles. The van der Waals surface area contributed by atoms with Crippen molar-refractivity contribution >= 4 is 0 Å². The molecule has 2 rings (SSSR count). The van der Waals surface area contributed by atoms with E-state index in [1.165, 1.54) is 38.8 Å². The summed E-state index contributed by atoms with van der Waals surface area (Å²) in [6, 6.07) is 0.758. The SMILES string of the molecule is CC(C)C[C@H]1C[C@]2(CCN(C(C)C)C2)C1. The van der Waals surface area contributed by atoms with Crippen LogP contribution in [0.1, 0.15) is 53.4 Å². The zero-order valence-electron chi connectivity index (χ0n) is 10.9. The van der Waals surface area contributed by atoms with Crippen molar-refractivity contribution < 1.29 is 0 Å². The lowest BCUT2D eigenvalue weighted by molar-refractivity contribution is 0.0464. The molecular formula is C14H27N. The summed E-state index contributed by atoms with van der Waals surface area (Å²) in [5.41, 5.74) is 0.754. The number of hydrogen-bond donors (Lipinski definition) is 0. The fraction of sp³-hybridized carbons (Fsp3) is 1.00. The van der Waals surface area contributed by atoms with Crippen molar-refractivity contribution in [2.24, 2.45) is 17.3 Å². The molecule has 0 unspecified atom stereocenters. The molecule has 1 saturated heterocycles. The average Bonchev–Trinajstić information content (AvgIpc) is 2.47. The summed E-state index contributed by atoms with van der Waals surface area (Å²) >= 11 is 0. The van der Waals surface area contributed by atoms with Gasteiger partial charge in [-0.3, -0.25) is 0 Å². The third-order valence-corrected chi connectivity index (χ3v) is 4.45. The number of likely N-dealkylation sites (tertiary alicyclic amines) is 1. The molecule has 2 fully saturated rings. The summed E-state index contributed by atoms with van der Waals surface area (Å²) < 4.78 is 0. The van der Waals surface area contributed by atoms with Crippen molar-refractivity contribution in [3.8, 4) is 0 Å². The van der Waals surface area contributed by atoms with E-state index in [0.29, 0.717) is 0 Å². The monoisotopic (exact) mass is 209 g/mol. The molecule has 15 heavy (non-hydrogen) atoms. The predicted octanol–water partition coefficient (Wildman–Crippen LogP) is 3.54. The van der Waals surface area contributed by atoms with E-state index in [-0.39, 0.29) is 0 Å². The minimum absolute atomic E-state index is 0.754. The van der Waals surface area contributed by atoms with Gasteiger partial charge in [0.05, 0.1) is 0 Å². The second-order valence-corrected chi connectivity index (χ2v) is 6.72. The van der Waals surface area contributed by atoms with Crippen LogP contribution in [0.5, 0.6) is 0 Å². The molecule has 1 saturated carbocycles. The lowest BCUT2D eigenvalue weighted by Crippen LogP contribution is -2.41. The molecule has 0 amide bonds. The van der Waals surface area contributed by atoms with Gasteiger partial charge in [-0.25, -0.2) is 0 Å². The van der Waals surface area contributed by atoms with Crippen LogP contribution in [-0.2, 0) is 0 Å². The molecule has 1 nitrogen and oxygen atoms in total. The average molecular weight is 209 g/mol. The first-order valence-electron chi connectivity index (χ1n) is 6.75. The topological polar surface area (TPSA) is 3.24 Å². The Morgan fingerprint density at radius 3 is 2.33 bits per heavy atom. The van der Waals surface area contributed by atoms with Gasteiger partial charge in [-0.1, -0.05) is 13.8 Å². The van der Waals surface area contributed by atoms with Crippen molar-refractivity contribution in [2.75, 3.05) is 13.1 Å². The fourth-order valence-electron chi connectivity index (χ4n) is 3.74. The highest BCUT2D eigenvalue weighted by molar-refractivity contribution is 5.00. The molecule has 0 radical (unpaired) electrons. The Kier molecular flexibility index (Phi) is 3.12. The first-order chi connectivity index (χ1) is 7.01. The maximum absolute atomic E-state index is 2.67. The molecule has 0 atom stereocenters. The lowest BCUT2D eigenvalue weighted by Gasteiger charge is -2.46. The quantitative estimate of drug-likeness (QED) is 0.687. The van der Waals surface area contributed by atoms with E-state index in [1.54, 1.807) is 0 Å². The third kappa shape index (κ3) is 2.38. The van der Waals surface area contributed by atoms with Crippen molar-refractivity contribution in [3.63, 3.8) is 0 Å². The van der Waals surface area contributed by atoms with E-state index in [9.17, 15) is 0 Å². The Balaban J connectivity index is 1.78. The highest BCUT2D eigenvalue weighted by atomic mass is 15.2. The third-order valence-electron chi connectivity index (χ3n) is 4.45. The maximum atomic E-state index is 2.67. The molecule has 1 aliphatic heterocycles. The van der Waals surface area contributed by atoms with E-state index in [2.05, 4.69) is 32.6 Å². The summed E-state index contributed by atoms with van der Waals surface area (Å²) in [4.78, 5) is 2.67. The second-order valence-electron chi connectivity index (χ2n) is 6.72. The van der Waals surface area contributed by atoms with Gasteiger partial charge in [0.2, 0.25) is 0 Å². The standard InChI is InChI=1S/C14H27N/c1-11(2)7-13-8-14(9-13)5-6-15(10-14)12(3)4/h11-13H,5-10H2,1-4H3/t13-,14+. The van der Waals surface area contributed by atoms with Crippen molar-refractivity contribution in [1.29, 1.82) is 0 Å². The molecule has 1 spiro atoms. The van der Waals surface area contributed by atoms with Crippen LogP contribution in [-0.4, -0.2) is 24.0 Å². The van der Waals surface area contributed by atoms with Gasteiger partial charge in [0.15, 0.2) is 0 Å². The van der Waals surface area contributed by atoms with Crippen LogP contribution in [0, 0.1) is 17.3 Å². The first-order valence-corrected chi connectivity index (χ1v) is 6.75. The highest BCUT2D eigenvalue weighted by Crippen LogP contribution is 2.53. The summed E-state index contributed by atoms with van der Waals surface area (Å²) in [5.74, 6) is 1.95. The largest absolute Gasteiger partial charge is 0.300 e. The van der Waals surface area contributed by atoms with Gasteiger partial charge < -0.3 is 4.90 Å². The van der Waals surface area contributed by atoms with Gasteiger partial charge in [0.25, 0.3) is 0 Å². The van der Waals surface area contributed by atoms with Gasteiger partial charge in [-0.2, -0.15) is 0 Å². The van der Waals surface area contributed by atoms with Crippen molar-refractivity contribution in [2.45, 2.75) is 59.4 Å². The number of nitrogens with zero attached hydrogens (tertiary/aromatic N) is 1. The molecule has 0 aromatic carbocycles. The normalized spacial score (nSPS) is 36.8. The van der Waals surface area contributed by atoms with Gasteiger partial charge in [0, 0.05) is 12.6 Å². The van der Waals surface area contributed by atoms with Crippen LogP contribution in [0.15, 0.2) is 0 Å². The Labute approximate surface area is 95.2 Å². The van der Waals surface area contributed by atoms with E-state index < -0.39 is 0 Å². The minimum atomic E-state index is 0.754. The van der Waals surface area contributed by atoms with Crippen LogP contribution >= 0.6 is 0 Å². The Morgan fingerprint density at radius 1 is 1.20 bits per heavy atom. The molecule has 1 aliphatic carbocycles. The van der Waals surface area contributed by atoms with Crippen LogP contribution in [0.3, 0.4) is 0 Å². The van der Waals surface area contributed by atoms with E-state index in [1.807, 2.05) is 0 Å². The van der Waals surface area contributed by atoms with E-state index in [0.717, 1.165) is 23.3 Å². The summed E-state index contributed by atoms with van der Waals surface area (Å²) in [5, 5.41) is 0. The molecular weight excluding hydrogens is 182 g/mol. The second kappa shape index (κ2) is 4.08.